The van der Waals surface area contributed by atoms with E-state index in [1.165, 1.54) is 32.6 Å². The molecule has 0 aliphatic carbocycles. The Morgan fingerprint density at radius 1 is 0.393 bits per heavy atom. The Labute approximate surface area is 352 Å². The van der Waals surface area contributed by atoms with Crippen molar-refractivity contribution in [1.82, 2.24) is 9.55 Å². The minimum absolute atomic E-state index is 0.791. The largest absolute Gasteiger partial charge is 0.454 e. The monoisotopic (exact) mass is 779 g/mol. The van der Waals surface area contributed by atoms with Gasteiger partial charge in [0.05, 0.1) is 16.7 Å². The molecule has 12 aromatic rings. The van der Waals surface area contributed by atoms with Gasteiger partial charge in [-0.25, -0.2) is 0 Å². The van der Waals surface area contributed by atoms with Crippen molar-refractivity contribution in [3.63, 3.8) is 0 Å². The Kier molecular flexibility index (Phi) is 8.13. The number of rotatable bonds is 7. The number of pyridine rings is 1. The minimum Gasteiger partial charge on any atom is -0.454 e. The molecule has 12 rings (SSSR count). The van der Waals surface area contributed by atoms with Crippen LogP contribution in [0.5, 0.6) is 0 Å². The second-order valence-electron chi connectivity index (χ2n) is 15.5. The summed E-state index contributed by atoms with van der Waals surface area (Å²) in [6.45, 7) is 0. The van der Waals surface area contributed by atoms with Crippen LogP contribution in [0, 0.1) is 0 Å². The van der Waals surface area contributed by atoms with Gasteiger partial charge in [-0.1, -0.05) is 146 Å². The van der Waals surface area contributed by atoms with E-state index >= 15 is 0 Å². The van der Waals surface area contributed by atoms with Crippen molar-refractivity contribution in [1.29, 1.82) is 0 Å². The number of aromatic nitrogens is 2. The quantitative estimate of drug-likeness (QED) is 0.162. The van der Waals surface area contributed by atoms with Gasteiger partial charge in [0.1, 0.15) is 11.1 Å². The number of fused-ring (bicyclic) bond motifs is 7. The lowest BCUT2D eigenvalue weighted by atomic mass is 9.92. The first-order chi connectivity index (χ1) is 30.3. The fourth-order valence-corrected chi connectivity index (χ4v) is 9.24. The van der Waals surface area contributed by atoms with E-state index in [4.69, 9.17) is 4.42 Å². The molecule has 0 aliphatic heterocycles. The van der Waals surface area contributed by atoms with Crippen LogP contribution >= 0.6 is 0 Å². The fraction of sp³-hybridized carbons (Fsp3) is 0. The maximum absolute atomic E-state index is 6.40. The Morgan fingerprint density at radius 3 is 1.84 bits per heavy atom. The summed E-state index contributed by atoms with van der Waals surface area (Å²) >= 11 is 0. The average Bonchev–Trinajstić information content (AvgIpc) is 3.88. The topological polar surface area (TPSA) is 34.2 Å². The molecule has 0 spiro atoms. The standard InChI is InChI=1S/C57H37N3O/c1-2-15-39(16-3-1)51-37-44(33-34-46(51)47-18-6-9-23-52(47)60-53-24-10-7-19-48(53)49-20-8-11-25-54(49)60)59(43-32-27-38-14-4-5-17-41(38)36-43)42-30-28-40(29-31-42)45-21-12-22-50-56-55(61-57(45)50)26-13-35-58-56/h1-37H. The van der Waals surface area contributed by atoms with Gasteiger partial charge in [0.15, 0.2) is 5.58 Å². The van der Waals surface area contributed by atoms with E-state index in [1.54, 1.807) is 0 Å². The van der Waals surface area contributed by atoms with Crippen molar-refractivity contribution in [2.45, 2.75) is 0 Å². The summed E-state index contributed by atoms with van der Waals surface area (Å²) in [6, 6.07) is 78.3. The summed E-state index contributed by atoms with van der Waals surface area (Å²) in [5.41, 5.74) is 16.0. The van der Waals surface area contributed by atoms with Gasteiger partial charge in [-0.2, -0.15) is 0 Å². The van der Waals surface area contributed by atoms with E-state index in [0.29, 0.717) is 0 Å². The van der Waals surface area contributed by atoms with Gasteiger partial charge in [-0.05, 0) is 106 Å². The lowest BCUT2D eigenvalue weighted by Gasteiger charge is -2.27. The first-order valence-corrected chi connectivity index (χ1v) is 20.7. The van der Waals surface area contributed by atoms with Gasteiger partial charge in [-0.3, -0.25) is 4.98 Å². The molecule has 61 heavy (non-hydrogen) atoms. The fourth-order valence-electron chi connectivity index (χ4n) is 9.24. The second kappa shape index (κ2) is 14.3. The number of anilines is 3. The SMILES string of the molecule is c1ccc(-c2cc(N(c3ccc(-c4cccc5c4oc4cccnc45)cc3)c3ccc4ccccc4c3)ccc2-c2ccccc2-n2c3ccccc3c3ccccc32)cc1. The molecule has 3 aromatic heterocycles. The highest BCUT2D eigenvalue weighted by Crippen LogP contribution is 2.45. The van der Waals surface area contributed by atoms with E-state index in [0.717, 1.165) is 78.2 Å². The number of hydrogen-bond acceptors (Lipinski definition) is 3. The van der Waals surface area contributed by atoms with Crippen molar-refractivity contribution in [2.75, 3.05) is 4.90 Å². The molecule has 0 atom stereocenters. The number of nitrogens with zero attached hydrogens (tertiary/aromatic N) is 3. The number of para-hydroxylation sites is 4. The Morgan fingerprint density at radius 2 is 1.02 bits per heavy atom. The maximum Gasteiger partial charge on any atom is 0.153 e. The zero-order valence-corrected chi connectivity index (χ0v) is 33.1. The van der Waals surface area contributed by atoms with Crippen LogP contribution in [-0.2, 0) is 0 Å². The molecule has 4 nitrogen and oxygen atoms in total. The van der Waals surface area contributed by atoms with Crippen LogP contribution in [-0.4, -0.2) is 9.55 Å². The first kappa shape index (κ1) is 34.8. The number of furan rings is 1. The summed E-state index contributed by atoms with van der Waals surface area (Å²) in [5.74, 6) is 0. The Bertz CT molecular complexity index is 3550. The normalized spacial score (nSPS) is 11.6. The molecule has 0 N–H and O–H groups in total. The van der Waals surface area contributed by atoms with Gasteiger partial charge in [0.25, 0.3) is 0 Å². The van der Waals surface area contributed by atoms with Crippen LogP contribution < -0.4 is 4.90 Å². The lowest BCUT2D eigenvalue weighted by molar-refractivity contribution is 0.669. The third-order valence-electron chi connectivity index (χ3n) is 12.0. The van der Waals surface area contributed by atoms with Crippen LogP contribution in [0.25, 0.3) is 93.7 Å². The van der Waals surface area contributed by atoms with Crippen molar-refractivity contribution in [3.05, 3.63) is 225 Å². The molecule has 0 fully saturated rings. The number of benzene rings is 9. The smallest absolute Gasteiger partial charge is 0.153 e. The summed E-state index contributed by atoms with van der Waals surface area (Å²) in [4.78, 5) is 7.00. The molecular weight excluding hydrogens is 743 g/mol. The van der Waals surface area contributed by atoms with Crippen LogP contribution in [0.3, 0.4) is 0 Å². The van der Waals surface area contributed by atoms with Crippen molar-refractivity contribution >= 4 is 71.7 Å². The van der Waals surface area contributed by atoms with Crippen LogP contribution in [0.15, 0.2) is 229 Å². The highest BCUT2D eigenvalue weighted by atomic mass is 16.3. The zero-order valence-electron chi connectivity index (χ0n) is 33.1. The second-order valence-corrected chi connectivity index (χ2v) is 15.5. The molecule has 0 amide bonds. The summed E-state index contributed by atoms with van der Waals surface area (Å²) in [6.07, 6.45) is 1.82. The molecule has 0 unspecified atom stereocenters. The molecule has 0 bridgehead atoms. The van der Waals surface area contributed by atoms with E-state index in [-0.39, 0.29) is 0 Å². The maximum atomic E-state index is 6.40. The van der Waals surface area contributed by atoms with E-state index in [2.05, 4.69) is 221 Å². The van der Waals surface area contributed by atoms with E-state index < -0.39 is 0 Å². The molecule has 0 radical (unpaired) electrons. The Balaban J connectivity index is 1.04. The van der Waals surface area contributed by atoms with Gasteiger partial charge >= 0.3 is 0 Å². The predicted octanol–water partition coefficient (Wildman–Crippen LogP) is 15.7. The van der Waals surface area contributed by atoms with Crippen LogP contribution in [0.4, 0.5) is 17.1 Å². The molecule has 0 saturated heterocycles. The molecule has 4 heteroatoms. The molecular formula is C57H37N3O. The molecule has 286 valence electrons. The van der Waals surface area contributed by atoms with Gasteiger partial charge in [0, 0.05) is 50.5 Å². The lowest BCUT2D eigenvalue weighted by Crippen LogP contribution is -2.10. The first-order valence-electron chi connectivity index (χ1n) is 20.7. The van der Waals surface area contributed by atoms with Crippen molar-refractivity contribution in [2.24, 2.45) is 0 Å². The van der Waals surface area contributed by atoms with Crippen LogP contribution in [0.2, 0.25) is 0 Å². The zero-order chi connectivity index (χ0) is 40.3. The Hall–Kier alpha value is -8.21. The van der Waals surface area contributed by atoms with E-state index in [9.17, 15) is 0 Å². The van der Waals surface area contributed by atoms with E-state index in [1.807, 2.05) is 18.3 Å². The minimum atomic E-state index is 0.791. The predicted molar refractivity (Wildman–Crippen MR) is 254 cm³/mol. The molecule has 3 heterocycles. The van der Waals surface area contributed by atoms with Crippen molar-refractivity contribution in [3.8, 4) is 39.1 Å². The molecule has 0 saturated carbocycles. The van der Waals surface area contributed by atoms with Gasteiger partial charge in [-0.15, -0.1) is 0 Å². The summed E-state index contributed by atoms with van der Waals surface area (Å²) in [5, 5.41) is 5.90. The summed E-state index contributed by atoms with van der Waals surface area (Å²) in [7, 11) is 0. The van der Waals surface area contributed by atoms with Crippen LogP contribution in [0.1, 0.15) is 0 Å². The highest BCUT2D eigenvalue weighted by Gasteiger charge is 2.21. The molecule has 9 aromatic carbocycles. The highest BCUT2D eigenvalue weighted by molar-refractivity contribution is 6.10. The summed E-state index contributed by atoms with van der Waals surface area (Å²) < 4.78 is 8.82. The van der Waals surface area contributed by atoms with Gasteiger partial charge < -0.3 is 13.9 Å². The third-order valence-corrected chi connectivity index (χ3v) is 12.0. The average molecular weight is 780 g/mol. The number of hydrogen-bond donors (Lipinski definition) is 0. The molecule has 0 aliphatic rings. The van der Waals surface area contributed by atoms with Crippen molar-refractivity contribution < 1.29 is 4.42 Å². The third kappa shape index (κ3) is 5.80. The van der Waals surface area contributed by atoms with Gasteiger partial charge in [0.2, 0.25) is 0 Å².